The second kappa shape index (κ2) is 3.22. The van der Waals surface area contributed by atoms with Crippen molar-refractivity contribution >= 4 is 9.84 Å². The zero-order valence-electron chi connectivity index (χ0n) is 8.41. The van der Waals surface area contributed by atoms with E-state index in [2.05, 4.69) is 0 Å². The van der Waals surface area contributed by atoms with Crippen molar-refractivity contribution in [2.24, 2.45) is 0 Å². The van der Waals surface area contributed by atoms with Crippen LogP contribution in [0.25, 0.3) is 0 Å². The predicted molar refractivity (Wildman–Crippen MR) is 60.1 cm³/mol. The molecule has 1 aromatic carbocycles. The fourth-order valence-corrected chi connectivity index (χ4v) is 3.78. The zero-order chi connectivity index (χ0) is 11.2. The van der Waals surface area contributed by atoms with E-state index in [0.29, 0.717) is 5.75 Å². The number of rotatable bonds is 0. The minimum absolute atomic E-state index is 0.288. The van der Waals surface area contributed by atoms with Crippen LogP contribution < -0.4 is 4.74 Å². The molecule has 1 aliphatic carbocycles. The maximum Gasteiger partial charge on any atom is 0.192 e. The summed E-state index contributed by atoms with van der Waals surface area (Å²) in [5.41, 5.74) is 0. The SMILES string of the molecule is O=S1(=O)c2ccccc2O[C@H]2C=CC=C[C@H]21. The number of hydrogen-bond acceptors (Lipinski definition) is 3. The summed E-state index contributed by atoms with van der Waals surface area (Å²) in [6.07, 6.45) is 6.61. The molecular weight excluding hydrogens is 224 g/mol. The van der Waals surface area contributed by atoms with Gasteiger partial charge in [-0.25, -0.2) is 8.42 Å². The van der Waals surface area contributed by atoms with Crippen molar-refractivity contribution in [2.75, 3.05) is 0 Å². The van der Waals surface area contributed by atoms with Crippen LogP contribution in [0, 0.1) is 0 Å². The Bertz CT molecular complexity index is 584. The van der Waals surface area contributed by atoms with Crippen LogP contribution in [0.1, 0.15) is 0 Å². The maximum absolute atomic E-state index is 12.3. The molecule has 82 valence electrons. The van der Waals surface area contributed by atoms with E-state index in [0.717, 1.165) is 0 Å². The summed E-state index contributed by atoms with van der Waals surface area (Å²) < 4.78 is 30.2. The highest BCUT2D eigenvalue weighted by Crippen LogP contribution is 2.36. The van der Waals surface area contributed by atoms with Crippen molar-refractivity contribution in [3.05, 3.63) is 48.6 Å². The summed E-state index contributed by atoms with van der Waals surface area (Å²) in [5.74, 6) is 0.448. The molecule has 0 spiro atoms. The molecule has 0 unspecified atom stereocenters. The zero-order valence-corrected chi connectivity index (χ0v) is 9.22. The smallest absolute Gasteiger partial charge is 0.192 e. The average molecular weight is 234 g/mol. The highest BCUT2D eigenvalue weighted by Gasteiger charge is 2.40. The minimum atomic E-state index is -3.31. The van der Waals surface area contributed by atoms with Gasteiger partial charge < -0.3 is 4.74 Å². The Morgan fingerprint density at radius 1 is 1.06 bits per heavy atom. The van der Waals surface area contributed by atoms with Gasteiger partial charge in [0.05, 0.1) is 0 Å². The molecular formula is C12H10O3S. The largest absolute Gasteiger partial charge is 0.483 e. The molecule has 1 aliphatic heterocycles. The molecule has 0 fully saturated rings. The molecule has 2 aliphatic rings. The summed E-state index contributed by atoms with van der Waals surface area (Å²) in [6.45, 7) is 0. The van der Waals surface area contributed by atoms with Gasteiger partial charge in [0.2, 0.25) is 0 Å². The van der Waals surface area contributed by atoms with E-state index in [1.54, 1.807) is 42.5 Å². The van der Waals surface area contributed by atoms with Gasteiger partial charge in [-0.05, 0) is 18.2 Å². The lowest BCUT2D eigenvalue weighted by Crippen LogP contribution is -2.40. The first-order chi connectivity index (χ1) is 7.69. The van der Waals surface area contributed by atoms with Crippen molar-refractivity contribution in [2.45, 2.75) is 16.2 Å². The molecule has 0 saturated heterocycles. The summed E-state index contributed by atoms with van der Waals surface area (Å²) in [5, 5.41) is -0.590. The molecule has 0 amide bonds. The lowest BCUT2D eigenvalue weighted by atomic mass is 10.1. The topological polar surface area (TPSA) is 43.4 Å². The molecule has 0 N–H and O–H groups in total. The lowest BCUT2D eigenvalue weighted by molar-refractivity contribution is 0.237. The number of benzene rings is 1. The first kappa shape index (κ1) is 9.66. The summed E-state index contributed by atoms with van der Waals surface area (Å²) >= 11 is 0. The number of allylic oxidation sites excluding steroid dienone is 2. The van der Waals surface area contributed by atoms with Crippen LogP contribution in [0.5, 0.6) is 5.75 Å². The summed E-state index contributed by atoms with van der Waals surface area (Å²) in [6, 6.07) is 6.77. The molecule has 4 heteroatoms. The van der Waals surface area contributed by atoms with E-state index in [1.165, 1.54) is 0 Å². The van der Waals surface area contributed by atoms with E-state index in [-0.39, 0.29) is 4.90 Å². The van der Waals surface area contributed by atoms with Gasteiger partial charge in [0.15, 0.2) is 9.84 Å². The van der Waals surface area contributed by atoms with Crippen LogP contribution in [0.15, 0.2) is 53.5 Å². The molecule has 1 heterocycles. The minimum Gasteiger partial charge on any atom is -0.483 e. The molecule has 2 atom stereocenters. The third kappa shape index (κ3) is 1.23. The molecule has 16 heavy (non-hydrogen) atoms. The Hall–Kier alpha value is -1.55. The fourth-order valence-electron chi connectivity index (χ4n) is 2.03. The second-order valence-corrected chi connectivity index (χ2v) is 5.88. The van der Waals surface area contributed by atoms with Crippen LogP contribution in [0.4, 0.5) is 0 Å². The van der Waals surface area contributed by atoms with Crippen LogP contribution >= 0.6 is 0 Å². The van der Waals surface area contributed by atoms with Crippen molar-refractivity contribution in [1.82, 2.24) is 0 Å². The van der Waals surface area contributed by atoms with Crippen LogP contribution in [-0.2, 0) is 9.84 Å². The maximum atomic E-state index is 12.3. The van der Waals surface area contributed by atoms with Gasteiger partial charge in [0.25, 0.3) is 0 Å². The number of hydrogen-bond donors (Lipinski definition) is 0. The lowest BCUT2D eigenvalue weighted by Gasteiger charge is -2.31. The quantitative estimate of drug-likeness (QED) is 0.686. The monoisotopic (exact) mass is 234 g/mol. The van der Waals surface area contributed by atoms with Crippen molar-refractivity contribution in [1.29, 1.82) is 0 Å². The molecule has 0 radical (unpaired) electrons. The van der Waals surface area contributed by atoms with E-state index in [4.69, 9.17) is 4.74 Å². The Morgan fingerprint density at radius 2 is 1.81 bits per heavy atom. The molecule has 0 bridgehead atoms. The van der Waals surface area contributed by atoms with Gasteiger partial charge in [-0.2, -0.15) is 0 Å². The summed E-state index contributed by atoms with van der Waals surface area (Å²) in [4.78, 5) is 0.288. The third-order valence-electron chi connectivity index (χ3n) is 2.81. The molecule has 0 saturated carbocycles. The third-order valence-corrected chi connectivity index (χ3v) is 4.91. The van der Waals surface area contributed by atoms with Gasteiger partial charge in [-0.3, -0.25) is 0 Å². The predicted octanol–water partition coefficient (Wildman–Crippen LogP) is 1.72. The van der Waals surface area contributed by atoms with E-state index < -0.39 is 21.2 Å². The van der Waals surface area contributed by atoms with Crippen LogP contribution in [0.2, 0.25) is 0 Å². The molecule has 3 nitrogen and oxygen atoms in total. The van der Waals surface area contributed by atoms with Crippen LogP contribution in [0.3, 0.4) is 0 Å². The van der Waals surface area contributed by atoms with Crippen LogP contribution in [-0.4, -0.2) is 19.8 Å². The highest BCUT2D eigenvalue weighted by atomic mass is 32.2. The Labute approximate surface area is 94.0 Å². The number of para-hydroxylation sites is 1. The second-order valence-electron chi connectivity index (χ2n) is 3.81. The molecule has 1 aromatic rings. The standard InChI is InChI=1S/C12H10O3S/c13-16(14)11-7-3-1-5-9(11)15-10-6-2-4-8-12(10)16/h1-9,11H/t9-,11+/m0/s1. The van der Waals surface area contributed by atoms with Gasteiger partial charge in [0.1, 0.15) is 22.0 Å². The Balaban J connectivity index is 2.23. The van der Waals surface area contributed by atoms with Gasteiger partial charge in [0, 0.05) is 0 Å². The first-order valence-electron chi connectivity index (χ1n) is 5.04. The normalized spacial score (nSPS) is 29.0. The summed E-state index contributed by atoms with van der Waals surface area (Å²) in [7, 11) is -3.31. The van der Waals surface area contributed by atoms with E-state index >= 15 is 0 Å². The Morgan fingerprint density at radius 3 is 2.69 bits per heavy atom. The Kier molecular flexibility index (Phi) is 1.94. The van der Waals surface area contributed by atoms with Gasteiger partial charge in [-0.1, -0.05) is 30.4 Å². The number of fused-ring (bicyclic) bond motifs is 2. The van der Waals surface area contributed by atoms with Crippen molar-refractivity contribution < 1.29 is 13.2 Å². The van der Waals surface area contributed by atoms with Gasteiger partial charge in [-0.15, -0.1) is 0 Å². The van der Waals surface area contributed by atoms with E-state index in [1.807, 2.05) is 6.08 Å². The van der Waals surface area contributed by atoms with Crippen molar-refractivity contribution in [3.8, 4) is 5.75 Å². The van der Waals surface area contributed by atoms with E-state index in [9.17, 15) is 8.42 Å². The highest BCUT2D eigenvalue weighted by molar-refractivity contribution is 7.92. The first-order valence-corrected chi connectivity index (χ1v) is 6.59. The van der Waals surface area contributed by atoms with Gasteiger partial charge >= 0.3 is 0 Å². The fraction of sp³-hybridized carbons (Fsp3) is 0.167. The van der Waals surface area contributed by atoms with Crippen molar-refractivity contribution in [3.63, 3.8) is 0 Å². The average Bonchev–Trinajstić information content (AvgIpc) is 2.29. The molecule has 0 aromatic heterocycles. The number of ether oxygens (including phenoxy) is 1. The molecule has 3 rings (SSSR count). The number of sulfone groups is 1.